The third-order valence-corrected chi connectivity index (χ3v) is 3.08. The van der Waals surface area contributed by atoms with Crippen LogP contribution in [0.15, 0.2) is 36.4 Å². The van der Waals surface area contributed by atoms with Gasteiger partial charge in [0.2, 0.25) is 0 Å². The van der Waals surface area contributed by atoms with Gasteiger partial charge in [-0.3, -0.25) is 4.79 Å². The molecular formula is C16H16FNO3. The zero-order valence-corrected chi connectivity index (χ0v) is 12.1. The lowest BCUT2D eigenvalue weighted by Gasteiger charge is -2.11. The van der Waals surface area contributed by atoms with Crippen molar-refractivity contribution in [1.29, 1.82) is 0 Å². The molecule has 0 aromatic heterocycles. The van der Waals surface area contributed by atoms with Crippen molar-refractivity contribution in [2.75, 3.05) is 19.5 Å². The summed E-state index contributed by atoms with van der Waals surface area (Å²) in [5.74, 6) is 0.0103. The molecule has 2 rings (SSSR count). The highest BCUT2D eigenvalue weighted by Crippen LogP contribution is 2.30. The number of amides is 1. The molecule has 21 heavy (non-hydrogen) atoms. The number of rotatable bonds is 4. The second-order valence-corrected chi connectivity index (χ2v) is 4.46. The van der Waals surface area contributed by atoms with E-state index < -0.39 is 11.7 Å². The number of halogens is 1. The molecule has 0 aliphatic heterocycles. The largest absolute Gasteiger partial charge is 0.493 e. The monoisotopic (exact) mass is 289 g/mol. The zero-order valence-electron chi connectivity index (χ0n) is 12.1. The summed E-state index contributed by atoms with van der Waals surface area (Å²) < 4.78 is 24.2. The van der Waals surface area contributed by atoms with Gasteiger partial charge in [-0.2, -0.15) is 0 Å². The van der Waals surface area contributed by atoms with Gasteiger partial charge < -0.3 is 14.8 Å². The molecule has 4 nitrogen and oxygen atoms in total. The Morgan fingerprint density at radius 1 is 1.10 bits per heavy atom. The quantitative estimate of drug-likeness (QED) is 0.938. The number of methoxy groups -OCH3 is 2. The minimum Gasteiger partial charge on any atom is -0.493 e. The fraction of sp³-hybridized carbons (Fsp3) is 0.188. The summed E-state index contributed by atoms with van der Waals surface area (Å²) in [6, 6.07) is 9.64. The summed E-state index contributed by atoms with van der Waals surface area (Å²) in [6.07, 6.45) is 0. The Morgan fingerprint density at radius 3 is 2.48 bits per heavy atom. The average Bonchev–Trinajstić information content (AvgIpc) is 2.49. The van der Waals surface area contributed by atoms with E-state index in [1.165, 1.54) is 20.3 Å². The highest BCUT2D eigenvalue weighted by Gasteiger charge is 2.14. The van der Waals surface area contributed by atoms with Crippen LogP contribution in [0.4, 0.5) is 10.1 Å². The third-order valence-electron chi connectivity index (χ3n) is 3.08. The molecule has 0 saturated carbocycles. The van der Waals surface area contributed by atoms with Crippen molar-refractivity contribution in [2.45, 2.75) is 6.92 Å². The smallest absolute Gasteiger partial charge is 0.258 e. The zero-order chi connectivity index (χ0) is 15.4. The van der Waals surface area contributed by atoms with Crippen LogP contribution in [0.3, 0.4) is 0 Å². The van der Waals surface area contributed by atoms with Crippen molar-refractivity contribution in [3.05, 3.63) is 53.3 Å². The molecule has 0 aliphatic rings. The molecule has 0 fully saturated rings. The standard InChI is InChI=1S/C16H16FNO3/c1-10-5-4-6-12(15(10)17)16(19)18-11-7-8-13(20-2)14(9-11)21-3/h4-9H,1-3H3,(H,18,19). The number of hydrogen-bond acceptors (Lipinski definition) is 3. The third kappa shape index (κ3) is 3.13. The Labute approximate surface area is 122 Å². The molecule has 0 spiro atoms. The Bertz CT molecular complexity index is 671. The van der Waals surface area contributed by atoms with Crippen LogP contribution < -0.4 is 14.8 Å². The van der Waals surface area contributed by atoms with E-state index in [0.717, 1.165) is 0 Å². The fourth-order valence-electron chi connectivity index (χ4n) is 1.94. The first-order valence-electron chi connectivity index (χ1n) is 6.35. The van der Waals surface area contributed by atoms with Crippen LogP contribution in [0.2, 0.25) is 0 Å². The molecule has 0 heterocycles. The van der Waals surface area contributed by atoms with E-state index in [1.807, 2.05) is 0 Å². The van der Waals surface area contributed by atoms with Gasteiger partial charge in [0.15, 0.2) is 11.5 Å². The number of aryl methyl sites for hydroxylation is 1. The summed E-state index contributed by atoms with van der Waals surface area (Å²) in [5.41, 5.74) is 0.929. The number of hydrogen-bond donors (Lipinski definition) is 1. The molecule has 0 unspecified atom stereocenters. The number of ether oxygens (including phenoxy) is 2. The van der Waals surface area contributed by atoms with E-state index in [1.54, 1.807) is 37.3 Å². The van der Waals surface area contributed by atoms with Crippen molar-refractivity contribution in [1.82, 2.24) is 0 Å². The van der Waals surface area contributed by atoms with Crippen LogP contribution >= 0.6 is 0 Å². The van der Waals surface area contributed by atoms with Crippen LogP contribution in [-0.2, 0) is 0 Å². The van der Waals surface area contributed by atoms with Gasteiger partial charge in [-0.05, 0) is 30.7 Å². The number of carbonyl (C=O) groups excluding carboxylic acids is 1. The minimum absolute atomic E-state index is 0.00443. The van der Waals surface area contributed by atoms with Gasteiger partial charge in [0, 0.05) is 11.8 Å². The van der Waals surface area contributed by atoms with Crippen molar-refractivity contribution in [3.63, 3.8) is 0 Å². The van der Waals surface area contributed by atoms with E-state index in [0.29, 0.717) is 22.7 Å². The van der Waals surface area contributed by atoms with Crippen LogP contribution in [0, 0.1) is 12.7 Å². The lowest BCUT2D eigenvalue weighted by molar-refractivity contribution is 0.102. The Morgan fingerprint density at radius 2 is 1.81 bits per heavy atom. The SMILES string of the molecule is COc1ccc(NC(=O)c2cccc(C)c2F)cc1OC. The van der Waals surface area contributed by atoms with Gasteiger partial charge in [-0.15, -0.1) is 0 Å². The van der Waals surface area contributed by atoms with E-state index in [-0.39, 0.29) is 5.56 Å². The van der Waals surface area contributed by atoms with E-state index in [9.17, 15) is 9.18 Å². The summed E-state index contributed by atoms with van der Waals surface area (Å²) in [5, 5.41) is 2.64. The predicted octanol–water partition coefficient (Wildman–Crippen LogP) is 3.40. The summed E-state index contributed by atoms with van der Waals surface area (Å²) in [4.78, 5) is 12.1. The van der Waals surface area contributed by atoms with Crippen molar-refractivity contribution < 1.29 is 18.7 Å². The molecule has 2 aromatic rings. The Kier molecular flexibility index (Phi) is 4.42. The minimum atomic E-state index is -0.518. The van der Waals surface area contributed by atoms with Crippen molar-refractivity contribution >= 4 is 11.6 Å². The topological polar surface area (TPSA) is 47.6 Å². The number of benzene rings is 2. The molecule has 0 saturated heterocycles. The molecule has 0 bridgehead atoms. The molecule has 1 N–H and O–H groups in total. The van der Waals surface area contributed by atoms with Crippen molar-refractivity contribution in [2.24, 2.45) is 0 Å². The molecule has 1 amide bonds. The molecule has 110 valence electrons. The van der Waals surface area contributed by atoms with Crippen LogP contribution in [0.5, 0.6) is 11.5 Å². The van der Waals surface area contributed by atoms with Crippen LogP contribution in [0.25, 0.3) is 0 Å². The van der Waals surface area contributed by atoms with Gasteiger partial charge in [-0.25, -0.2) is 4.39 Å². The lowest BCUT2D eigenvalue weighted by atomic mass is 10.1. The number of anilines is 1. The highest BCUT2D eigenvalue weighted by molar-refractivity contribution is 6.04. The normalized spacial score (nSPS) is 10.1. The molecule has 0 radical (unpaired) electrons. The van der Waals surface area contributed by atoms with Crippen molar-refractivity contribution in [3.8, 4) is 11.5 Å². The van der Waals surface area contributed by atoms with E-state index in [2.05, 4.69) is 5.32 Å². The second-order valence-electron chi connectivity index (χ2n) is 4.46. The van der Waals surface area contributed by atoms with Crippen LogP contribution in [-0.4, -0.2) is 20.1 Å². The number of carbonyl (C=O) groups is 1. The fourth-order valence-corrected chi connectivity index (χ4v) is 1.94. The molecule has 5 heteroatoms. The average molecular weight is 289 g/mol. The first-order chi connectivity index (χ1) is 10.1. The molecule has 2 aromatic carbocycles. The second kappa shape index (κ2) is 6.26. The van der Waals surface area contributed by atoms with Gasteiger partial charge in [0.1, 0.15) is 5.82 Å². The maximum atomic E-state index is 13.9. The molecular weight excluding hydrogens is 273 g/mol. The van der Waals surface area contributed by atoms with Gasteiger partial charge >= 0.3 is 0 Å². The Balaban J connectivity index is 2.25. The van der Waals surface area contributed by atoms with Crippen LogP contribution in [0.1, 0.15) is 15.9 Å². The summed E-state index contributed by atoms with van der Waals surface area (Å²) in [6.45, 7) is 1.61. The molecule has 0 aliphatic carbocycles. The first kappa shape index (κ1) is 14.8. The first-order valence-corrected chi connectivity index (χ1v) is 6.35. The highest BCUT2D eigenvalue weighted by atomic mass is 19.1. The summed E-state index contributed by atoms with van der Waals surface area (Å²) in [7, 11) is 3.03. The van der Waals surface area contributed by atoms with E-state index in [4.69, 9.17) is 9.47 Å². The van der Waals surface area contributed by atoms with E-state index >= 15 is 0 Å². The lowest BCUT2D eigenvalue weighted by Crippen LogP contribution is -2.14. The Hall–Kier alpha value is -2.56. The molecule has 0 atom stereocenters. The number of nitrogens with one attached hydrogen (secondary N) is 1. The van der Waals surface area contributed by atoms with Gasteiger partial charge in [0.05, 0.1) is 19.8 Å². The predicted molar refractivity (Wildman–Crippen MR) is 78.6 cm³/mol. The maximum absolute atomic E-state index is 13.9. The maximum Gasteiger partial charge on any atom is 0.258 e. The van der Waals surface area contributed by atoms with Gasteiger partial charge in [0.25, 0.3) is 5.91 Å². The van der Waals surface area contributed by atoms with Gasteiger partial charge in [-0.1, -0.05) is 12.1 Å². The summed E-state index contributed by atoms with van der Waals surface area (Å²) >= 11 is 0.